The Morgan fingerprint density at radius 1 is 1.33 bits per heavy atom. The molecule has 5 N–H and O–H groups in total. The number of aliphatic hydroxyl groups is 1. The number of piperidine rings is 1. The molecule has 0 saturated carbocycles. The molecule has 2 aromatic rings. The number of halogens is 1. The Morgan fingerprint density at radius 2 is 2.06 bits per heavy atom. The van der Waals surface area contributed by atoms with Crippen LogP contribution in [0.2, 0.25) is 5.02 Å². The molecule has 174 valence electrons. The van der Waals surface area contributed by atoms with E-state index >= 15 is 0 Å². The second-order valence-electron chi connectivity index (χ2n) is 8.19. The number of anilines is 2. The summed E-state index contributed by atoms with van der Waals surface area (Å²) in [4.78, 5) is 19.3. The van der Waals surface area contributed by atoms with Crippen LogP contribution in [0, 0.1) is 11.3 Å². The van der Waals surface area contributed by atoms with Crippen LogP contribution in [0.4, 0.5) is 17.6 Å². The third-order valence-corrected chi connectivity index (χ3v) is 5.49. The molecule has 0 aromatic carbocycles. The number of rotatable bonds is 7. The summed E-state index contributed by atoms with van der Waals surface area (Å²) in [7, 11) is 1.70. The van der Waals surface area contributed by atoms with Crippen LogP contribution in [-0.4, -0.2) is 57.7 Å². The van der Waals surface area contributed by atoms with E-state index in [-0.39, 0.29) is 17.8 Å². The average Bonchev–Trinajstić information content (AvgIpc) is 2.79. The lowest BCUT2D eigenvalue weighted by molar-refractivity contribution is 0.113. The van der Waals surface area contributed by atoms with Gasteiger partial charge in [0.2, 0.25) is 0 Å². The van der Waals surface area contributed by atoms with E-state index in [1.165, 1.54) is 12.3 Å². The largest absolute Gasteiger partial charge is 0.389 e. The standard InChI is InChI=1S/C22H28ClN9O/c1-22(2,33)17(26-3)10-18(25)30-21-28-13-16(23)20(31-21)29-15-6-8-32(9-7-15)19-5-4-14(11-24)12-27-19/h4-5,10,12-13,15,26,33H,6-9H2,1-3H3,(H3,25,28,29,30,31)/b17-10-. The number of aliphatic imine (C=N–C) groups is 1. The number of nitriles is 1. The lowest BCUT2D eigenvalue weighted by atomic mass is 10.0. The van der Waals surface area contributed by atoms with Crippen molar-refractivity contribution in [3.63, 3.8) is 0 Å². The Kier molecular flexibility index (Phi) is 7.68. The minimum absolute atomic E-state index is 0.151. The molecule has 0 unspecified atom stereocenters. The third-order valence-electron chi connectivity index (χ3n) is 5.22. The number of aromatic nitrogens is 3. The number of nitrogens with one attached hydrogen (secondary N) is 2. The first-order valence-electron chi connectivity index (χ1n) is 10.6. The third kappa shape index (κ3) is 6.54. The van der Waals surface area contributed by atoms with Gasteiger partial charge >= 0.3 is 0 Å². The van der Waals surface area contributed by atoms with E-state index in [9.17, 15) is 5.11 Å². The second kappa shape index (κ2) is 10.5. The molecular formula is C22H28ClN9O. The van der Waals surface area contributed by atoms with Gasteiger partial charge in [-0.1, -0.05) is 11.6 Å². The first-order chi connectivity index (χ1) is 15.7. The number of nitrogens with zero attached hydrogens (tertiary/aromatic N) is 6. The van der Waals surface area contributed by atoms with Gasteiger partial charge in [-0.15, -0.1) is 0 Å². The first-order valence-corrected chi connectivity index (χ1v) is 10.9. The lowest BCUT2D eigenvalue weighted by Crippen LogP contribution is -2.39. The van der Waals surface area contributed by atoms with Gasteiger partial charge in [-0.05, 0) is 38.8 Å². The molecule has 0 aliphatic carbocycles. The number of nitrogens with two attached hydrogens (primary N) is 1. The Balaban J connectivity index is 1.66. The van der Waals surface area contributed by atoms with E-state index in [2.05, 4.69) is 41.5 Å². The molecule has 1 saturated heterocycles. The highest BCUT2D eigenvalue weighted by Gasteiger charge is 2.22. The summed E-state index contributed by atoms with van der Waals surface area (Å²) in [6, 6.07) is 5.90. The Labute approximate surface area is 198 Å². The molecule has 3 rings (SSSR count). The first kappa shape index (κ1) is 24.2. The molecule has 33 heavy (non-hydrogen) atoms. The average molecular weight is 470 g/mol. The van der Waals surface area contributed by atoms with Gasteiger partial charge in [0, 0.05) is 44.1 Å². The predicted molar refractivity (Wildman–Crippen MR) is 130 cm³/mol. The number of hydrogen-bond donors (Lipinski definition) is 4. The summed E-state index contributed by atoms with van der Waals surface area (Å²) in [6.07, 6.45) is 6.34. The van der Waals surface area contributed by atoms with Crippen LogP contribution in [0.1, 0.15) is 32.3 Å². The van der Waals surface area contributed by atoms with Crippen molar-refractivity contribution >= 4 is 35.0 Å². The van der Waals surface area contributed by atoms with E-state index in [4.69, 9.17) is 22.6 Å². The minimum Gasteiger partial charge on any atom is -0.389 e. The highest BCUT2D eigenvalue weighted by Crippen LogP contribution is 2.25. The molecule has 2 aromatic heterocycles. The number of hydrogen-bond acceptors (Lipinski definition) is 9. The SMILES string of the molecule is CN/C(=C\C(N)=Nc1ncc(Cl)c(NC2CCN(c3ccc(C#N)cn3)CC2)n1)C(C)(C)O. The van der Waals surface area contributed by atoms with Crippen molar-refractivity contribution in [2.24, 2.45) is 10.7 Å². The van der Waals surface area contributed by atoms with Gasteiger partial charge in [0.1, 0.15) is 22.7 Å². The fraction of sp³-hybridized carbons (Fsp3) is 0.409. The van der Waals surface area contributed by atoms with Gasteiger partial charge in [-0.25, -0.2) is 9.97 Å². The smallest absolute Gasteiger partial charge is 0.253 e. The van der Waals surface area contributed by atoms with Crippen LogP contribution < -0.4 is 21.3 Å². The number of likely N-dealkylation sites (N-methyl/N-ethyl adjacent to an activating group) is 1. The van der Waals surface area contributed by atoms with Gasteiger partial charge in [-0.2, -0.15) is 15.2 Å². The zero-order valence-corrected chi connectivity index (χ0v) is 19.6. The maximum atomic E-state index is 10.1. The van der Waals surface area contributed by atoms with Crippen molar-refractivity contribution in [2.45, 2.75) is 38.3 Å². The van der Waals surface area contributed by atoms with Crippen molar-refractivity contribution in [1.82, 2.24) is 20.3 Å². The van der Waals surface area contributed by atoms with Crippen LogP contribution in [0.3, 0.4) is 0 Å². The van der Waals surface area contributed by atoms with E-state index in [0.29, 0.717) is 22.1 Å². The van der Waals surface area contributed by atoms with Crippen LogP contribution in [0.25, 0.3) is 0 Å². The molecule has 0 amide bonds. The summed E-state index contributed by atoms with van der Waals surface area (Å²) in [5.41, 5.74) is 5.97. The van der Waals surface area contributed by atoms with E-state index < -0.39 is 5.60 Å². The summed E-state index contributed by atoms with van der Waals surface area (Å²) in [5.74, 6) is 1.67. The quantitative estimate of drug-likeness (QED) is 0.354. The molecular weight excluding hydrogens is 442 g/mol. The Hall–Kier alpha value is -3.42. The molecule has 10 nitrogen and oxygen atoms in total. The Bertz CT molecular complexity index is 1060. The molecule has 1 fully saturated rings. The van der Waals surface area contributed by atoms with Crippen molar-refractivity contribution in [3.8, 4) is 6.07 Å². The predicted octanol–water partition coefficient (Wildman–Crippen LogP) is 2.34. The maximum absolute atomic E-state index is 10.1. The molecule has 0 bridgehead atoms. The minimum atomic E-state index is -1.09. The fourth-order valence-electron chi connectivity index (χ4n) is 3.45. The molecule has 0 atom stereocenters. The molecule has 3 heterocycles. The summed E-state index contributed by atoms with van der Waals surface area (Å²) >= 11 is 6.30. The highest BCUT2D eigenvalue weighted by molar-refractivity contribution is 6.32. The summed E-state index contributed by atoms with van der Waals surface area (Å²) < 4.78 is 0. The van der Waals surface area contributed by atoms with Gasteiger partial charge in [0.05, 0.1) is 17.4 Å². The zero-order valence-electron chi connectivity index (χ0n) is 18.9. The van der Waals surface area contributed by atoms with E-state index in [1.807, 2.05) is 6.07 Å². The maximum Gasteiger partial charge on any atom is 0.253 e. The van der Waals surface area contributed by atoms with E-state index in [1.54, 1.807) is 33.2 Å². The summed E-state index contributed by atoms with van der Waals surface area (Å²) in [5, 5.41) is 25.8. The van der Waals surface area contributed by atoms with Crippen molar-refractivity contribution < 1.29 is 5.11 Å². The monoisotopic (exact) mass is 469 g/mol. The molecule has 11 heteroatoms. The fourth-order valence-corrected chi connectivity index (χ4v) is 3.59. The van der Waals surface area contributed by atoms with Gasteiger partial charge in [-0.3, -0.25) is 0 Å². The molecule has 1 aliphatic heterocycles. The number of pyridine rings is 1. The van der Waals surface area contributed by atoms with Gasteiger partial charge < -0.3 is 26.4 Å². The van der Waals surface area contributed by atoms with Crippen molar-refractivity contribution in [3.05, 3.63) is 46.9 Å². The molecule has 1 aliphatic rings. The second-order valence-corrected chi connectivity index (χ2v) is 8.60. The number of amidine groups is 1. The van der Waals surface area contributed by atoms with Gasteiger partial charge in [0.25, 0.3) is 5.95 Å². The van der Waals surface area contributed by atoms with Crippen molar-refractivity contribution in [2.75, 3.05) is 30.4 Å². The molecule has 0 spiro atoms. The highest BCUT2D eigenvalue weighted by atomic mass is 35.5. The lowest BCUT2D eigenvalue weighted by Gasteiger charge is -2.33. The van der Waals surface area contributed by atoms with Crippen LogP contribution in [0.5, 0.6) is 0 Å². The topological polar surface area (TPSA) is 148 Å². The summed E-state index contributed by atoms with van der Waals surface area (Å²) in [6.45, 7) is 4.91. The van der Waals surface area contributed by atoms with Crippen LogP contribution >= 0.6 is 11.6 Å². The normalized spacial score (nSPS) is 15.8. The van der Waals surface area contributed by atoms with Crippen molar-refractivity contribution in [1.29, 1.82) is 5.26 Å². The Morgan fingerprint density at radius 3 is 2.64 bits per heavy atom. The van der Waals surface area contributed by atoms with E-state index in [0.717, 1.165) is 31.7 Å². The van der Waals surface area contributed by atoms with Crippen LogP contribution in [0.15, 0.2) is 41.3 Å². The van der Waals surface area contributed by atoms with Crippen LogP contribution in [-0.2, 0) is 0 Å². The van der Waals surface area contributed by atoms with Gasteiger partial charge in [0.15, 0.2) is 5.82 Å². The molecule has 0 radical (unpaired) electrons. The zero-order chi connectivity index (χ0) is 24.0.